The van der Waals surface area contributed by atoms with Gasteiger partial charge >= 0.3 is 5.97 Å². The number of nitrogens with zero attached hydrogens (tertiary/aromatic N) is 1. The largest absolute Gasteiger partial charge is 0.493 e. The Hall–Kier alpha value is -4.70. The minimum absolute atomic E-state index is 0.00127. The van der Waals surface area contributed by atoms with E-state index in [1.807, 2.05) is 56.3 Å². The van der Waals surface area contributed by atoms with Crippen LogP contribution in [0.25, 0.3) is 11.0 Å². The van der Waals surface area contributed by atoms with Crippen molar-refractivity contribution in [2.45, 2.75) is 39.5 Å². The molecule has 7 heteroatoms. The number of ether oxygens (including phenoxy) is 3. The van der Waals surface area contributed by atoms with Gasteiger partial charge in [0.15, 0.2) is 0 Å². The standard InChI is InChI=1S/C31H28N2O5/c1-4-14-35-25-9-7-6-8-21(25)28-22-12-11-20(16-27(22)38-30(33)24(28)17-32)36-31(34)29-18(3)23-15-19(5-2)10-13-26(23)37-29/h6-13,15-16,28H,4-5,14,33H2,1-3H3. The number of hydrogen-bond donors (Lipinski definition) is 1. The first kappa shape index (κ1) is 25.0. The molecular weight excluding hydrogens is 480 g/mol. The molecule has 5 rings (SSSR count). The third kappa shape index (κ3) is 4.46. The molecule has 3 aromatic carbocycles. The second-order valence-corrected chi connectivity index (χ2v) is 9.14. The number of hydrogen-bond acceptors (Lipinski definition) is 7. The van der Waals surface area contributed by atoms with Crippen molar-refractivity contribution in [1.82, 2.24) is 0 Å². The predicted octanol–water partition coefficient (Wildman–Crippen LogP) is 6.53. The number of nitrogens with two attached hydrogens (primary N) is 1. The molecule has 1 aliphatic heterocycles. The summed E-state index contributed by atoms with van der Waals surface area (Å²) in [5.41, 5.74) is 10.5. The number of rotatable bonds is 7. The van der Waals surface area contributed by atoms with Crippen molar-refractivity contribution < 1.29 is 23.4 Å². The van der Waals surface area contributed by atoms with Crippen molar-refractivity contribution in [2.24, 2.45) is 5.73 Å². The number of allylic oxidation sites excluding steroid dienone is 1. The van der Waals surface area contributed by atoms with E-state index in [0.717, 1.165) is 40.5 Å². The van der Waals surface area contributed by atoms with Crippen LogP contribution in [0.2, 0.25) is 0 Å². The molecule has 7 nitrogen and oxygen atoms in total. The quantitative estimate of drug-likeness (QED) is 0.223. The molecule has 0 radical (unpaired) electrons. The molecule has 0 saturated carbocycles. The van der Waals surface area contributed by atoms with Crippen LogP contribution in [-0.4, -0.2) is 12.6 Å². The van der Waals surface area contributed by atoms with E-state index >= 15 is 0 Å². The lowest BCUT2D eigenvalue weighted by Gasteiger charge is -2.28. The highest BCUT2D eigenvalue weighted by Gasteiger charge is 2.33. The second-order valence-electron chi connectivity index (χ2n) is 9.14. The molecule has 1 unspecified atom stereocenters. The van der Waals surface area contributed by atoms with Crippen LogP contribution in [-0.2, 0) is 6.42 Å². The Morgan fingerprint density at radius 2 is 1.89 bits per heavy atom. The summed E-state index contributed by atoms with van der Waals surface area (Å²) in [4.78, 5) is 13.1. The Labute approximate surface area is 221 Å². The van der Waals surface area contributed by atoms with Crippen molar-refractivity contribution >= 4 is 16.9 Å². The van der Waals surface area contributed by atoms with Gasteiger partial charge < -0.3 is 24.4 Å². The van der Waals surface area contributed by atoms with E-state index in [4.69, 9.17) is 24.4 Å². The number of carbonyl (C=O) groups excluding carboxylic acids is 1. The van der Waals surface area contributed by atoms with Gasteiger partial charge in [-0.15, -0.1) is 0 Å². The van der Waals surface area contributed by atoms with Crippen LogP contribution >= 0.6 is 0 Å². The van der Waals surface area contributed by atoms with Crippen LogP contribution in [0.5, 0.6) is 17.2 Å². The number of fused-ring (bicyclic) bond motifs is 2. The van der Waals surface area contributed by atoms with Crippen LogP contribution in [0.4, 0.5) is 0 Å². The fourth-order valence-electron chi connectivity index (χ4n) is 4.72. The smallest absolute Gasteiger partial charge is 0.379 e. The van der Waals surface area contributed by atoms with Gasteiger partial charge in [0.1, 0.15) is 34.5 Å². The molecular formula is C31H28N2O5. The Balaban J connectivity index is 1.48. The van der Waals surface area contributed by atoms with Crippen molar-refractivity contribution in [3.05, 3.63) is 100 Å². The highest BCUT2D eigenvalue weighted by Crippen LogP contribution is 2.46. The summed E-state index contributed by atoms with van der Waals surface area (Å²) < 4.78 is 23.3. The van der Waals surface area contributed by atoms with Crippen LogP contribution < -0.4 is 19.9 Å². The predicted molar refractivity (Wildman–Crippen MR) is 143 cm³/mol. The van der Waals surface area contributed by atoms with Gasteiger partial charge in [-0.05, 0) is 49.6 Å². The number of para-hydroxylation sites is 1. The first-order chi connectivity index (χ1) is 18.4. The van der Waals surface area contributed by atoms with E-state index in [2.05, 4.69) is 13.0 Å². The highest BCUT2D eigenvalue weighted by molar-refractivity contribution is 5.97. The Morgan fingerprint density at radius 3 is 2.66 bits per heavy atom. The molecule has 192 valence electrons. The van der Waals surface area contributed by atoms with Crippen LogP contribution in [0.1, 0.15) is 59.0 Å². The molecule has 1 aliphatic rings. The zero-order chi connectivity index (χ0) is 26.8. The van der Waals surface area contributed by atoms with E-state index < -0.39 is 11.9 Å². The van der Waals surface area contributed by atoms with Gasteiger partial charge in [-0.25, -0.2) is 4.79 Å². The summed E-state index contributed by atoms with van der Waals surface area (Å²) >= 11 is 0. The monoisotopic (exact) mass is 508 g/mol. The summed E-state index contributed by atoms with van der Waals surface area (Å²) in [5, 5.41) is 10.8. The molecule has 0 fully saturated rings. The summed E-state index contributed by atoms with van der Waals surface area (Å²) in [6.45, 7) is 6.50. The summed E-state index contributed by atoms with van der Waals surface area (Å²) in [6, 6.07) is 20.7. The number of furan rings is 1. The summed E-state index contributed by atoms with van der Waals surface area (Å²) in [7, 11) is 0. The van der Waals surface area contributed by atoms with Gasteiger partial charge in [0, 0.05) is 28.1 Å². The molecule has 1 aromatic heterocycles. The maximum Gasteiger partial charge on any atom is 0.379 e. The van der Waals surface area contributed by atoms with Gasteiger partial charge in [0.2, 0.25) is 11.6 Å². The number of nitriles is 1. The van der Waals surface area contributed by atoms with E-state index in [0.29, 0.717) is 29.3 Å². The molecule has 0 saturated heterocycles. The molecule has 0 aliphatic carbocycles. The third-order valence-corrected chi connectivity index (χ3v) is 6.69. The van der Waals surface area contributed by atoms with Gasteiger partial charge in [-0.1, -0.05) is 44.2 Å². The average molecular weight is 509 g/mol. The summed E-state index contributed by atoms with van der Waals surface area (Å²) in [5.74, 6) is 0.392. The zero-order valence-electron chi connectivity index (χ0n) is 21.5. The van der Waals surface area contributed by atoms with Gasteiger partial charge in [-0.3, -0.25) is 0 Å². The van der Waals surface area contributed by atoms with Crippen LogP contribution in [0, 0.1) is 18.3 Å². The van der Waals surface area contributed by atoms with E-state index in [1.54, 1.807) is 18.2 Å². The van der Waals surface area contributed by atoms with E-state index in [-0.39, 0.29) is 17.4 Å². The molecule has 1 atom stereocenters. The lowest BCUT2D eigenvalue weighted by atomic mass is 9.83. The molecule has 38 heavy (non-hydrogen) atoms. The summed E-state index contributed by atoms with van der Waals surface area (Å²) in [6.07, 6.45) is 1.73. The minimum atomic E-state index is -0.608. The molecule has 2 N–H and O–H groups in total. The lowest BCUT2D eigenvalue weighted by molar-refractivity contribution is 0.0702. The number of aryl methyl sites for hydroxylation is 2. The van der Waals surface area contributed by atoms with E-state index in [9.17, 15) is 10.1 Å². The van der Waals surface area contributed by atoms with Crippen LogP contribution in [0.3, 0.4) is 0 Å². The molecule has 4 aromatic rings. The van der Waals surface area contributed by atoms with Crippen LogP contribution in [0.15, 0.2) is 76.5 Å². The lowest BCUT2D eigenvalue weighted by Crippen LogP contribution is -2.21. The third-order valence-electron chi connectivity index (χ3n) is 6.69. The van der Waals surface area contributed by atoms with Crippen molar-refractivity contribution in [2.75, 3.05) is 6.61 Å². The normalized spacial score (nSPS) is 14.5. The van der Waals surface area contributed by atoms with Gasteiger partial charge in [0.25, 0.3) is 0 Å². The van der Waals surface area contributed by atoms with Crippen molar-refractivity contribution in [3.8, 4) is 23.3 Å². The van der Waals surface area contributed by atoms with Crippen molar-refractivity contribution in [3.63, 3.8) is 0 Å². The molecule has 0 bridgehead atoms. The first-order valence-corrected chi connectivity index (χ1v) is 12.6. The number of carbonyl (C=O) groups is 1. The molecule has 0 amide bonds. The zero-order valence-corrected chi connectivity index (χ0v) is 21.5. The Bertz CT molecular complexity index is 1610. The van der Waals surface area contributed by atoms with Gasteiger partial charge in [0.05, 0.1) is 12.5 Å². The minimum Gasteiger partial charge on any atom is -0.493 e. The van der Waals surface area contributed by atoms with Crippen molar-refractivity contribution in [1.29, 1.82) is 5.26 Å². The Kier molecular flexibility index (Phi) is 6.80. The second kappa shape index (κ2) is 10.3. The highest BCUT2D eigenvalue weighted by atomic mass is 16.5. The van der Waals surface area contributed by atoms with Gasteiger partial charge in [-0.2, -0.15) is 5.26 Å². The first-order valence-electron chi connectivity index (χ1n) is 12.6. The SMILES string of the molecule is CCCOc1ccccc1C1C(C#N)=C(N)Oc2cc(OC(=O)c3oc4ccc(CC)cc4c3C)ccc21. The number of benzene rings is 3. The number of esters is 1. The maximum absolute atomic E-state index is 13.1. The van der Waals surface area contributed by atoms with E-state index in [1.165, 1.54) is 0 Å². The molecule has 0 spiro atoms. The fourth-order valence-corrected chi connectivity index (χ4v) is 4.72. The molecule has 2 heterocycles. The average Bonchev–Trinajstić information content (AvgIpc) is 3.26. The fraction of sp³-hybridized carbons (Fsp3) is 0.226. The topological polar surface area (TPSA) is 108 Å². The Morgan fingerprint density at radius 1 is 1.08 bits per heavy atom. The maximum atomic E-state index is 13.1.